The first-order valence-electron chi connectivity index (χ1n) is 7.18. The Kier molecular flexibility index (Phi) is 7.28. The normalized spacial score (nSPS) is 21.6. The van der Waals surface area contributed by atoms with Gasteiger partial charge < -0.3 is 15.0 Å². The second kappa shape index (κ2) is 8.48. The Balaban J connectivity index is 2.32. The number of ether oxygens (including phenoxy) is 1. The van der Waals surface area contributed by atoms with Gasteiger partial charge in [0.1, 0.15) is 0 Å². The number of carbonyl (C=O) groups is 1. The summed E-state index contributed by atoms with van der Waals surface area (Å²) in [4.78, 5) is 14.1. The first-order valence-corrected chi connectivity index (χ1v) is 7.18. The molecule has 0 aromatic rings. The molecule has 0 aliphatic carbocycles. The maximum atomic E-state index is 12.1. The van der Waals surface area contributed by atoms with Gasteiger partial charge in [0.05, 0.1) is 6.10 Å². The van der Waals surface area contributed by atoms with Crippen LogP contribution in [0, 0.1) is 5.92 Å². The Labute approximate surface area is 111 Å². The van der Waals surface area contributed by atoms with E-state index in [1.54, 1.807) is 7.11 Å². The fourth-order valence-electron chi connectivity index (χ4n) is 2.40. The highest BCUT2D eigenvalue weighted by Crippen LogP contribution is 2.13. The second-order valence-corrected chi connectivity index (χ2v) is 5.23. The van der Waals surface area contributed by atoms with Gasteiger partial charge in [0, 0.05) is 26.6 Å². The fourth-order valence-corrected chi connectivity index (χ4v) is 2.40. The minimum Gasteiger partial charge on any atom is -0.382 e. The monoisotopic (exact) mass is 256 g/mol. The Morgan fingerprint density at radius 2 is 2.33 bits per heavy atom. The summed E-state index contributed by atoms with van der Waals surface area (Å²) in [6.45, 7) is 7.98. The molecule has 1 amide bonds. The molecule has 2 atom stereocenters. The van der Waals surface area contributed by atoms with Gasteiger partial charge in [-0.05, 0) is 52.1 Å². The number of piperidine rings is 1. The van der Waals surface area contributed by atoms with Crippen molar-refractivity contribution < 1.29 is 9.53 Å². The average Bonchev–Trinajstić information content (AvgIpc) is 2.42. The van der Waals surface area contributed by atoms with Gasteiger partial charge in [-0.15, -0.1) is 0 Å². The van der Waals surface area contributed by atoms with Crippen LogP contribution in [0.1, 0.15) is 39.5 Å². The molecule has 2 unspecified atom stereocenters. The lowest BCUT2D eigenvalue weighted by molar-refractivity contribution is -0.132. The van der Waals surface area contributed by atoms with E-state index in [-0.39, 0.29) is 12.0 Å². The minimum atomic E-state index is 0.170. The lowest BCUT2D eigenvalue weighted by atomic mass is 9.99. The van der Waals surface area contributed by atoms with E-state index in [4.69, 9.17) is 4.74 Å². The number of rotatable bonds is 7. The van der Waals surface area contributed by atoms with Crippen LogP contribution in [0.3, 0.4) is 0 Å². The third kappa shape index (κ3) is 5.36. The number of methoxy groups -OCH3 is 1. The maximum absolute atomic E-state index is 12.1. The van der Waals surface area contributed by atoms with Gasteiger partial charge >= 0.3 is 0 Å². The van der Waals surface area contributed by atoms with Crippen LogP contribution in [0.5, 0.6) is 0 Å². The zero-order valence-electron chi connectivity index (χ0n) is 12.1. The molecule has 0 radical (unpaired) electrons. The molecule has 0 spiro atoms. The molecule has 4 heteroatoms. The van der Waals surface area contributed by atoms with Gasteiger partial charge in [0.25, 0.3) is 0 Å². The van der Waals surface area contributed by atoms with Crippen LogP contribution in [0.15, 0.2) is 0 Å². The summed E-state index contributed by atoms with van der Waals surface area (Å²) in [5.41, 5.74) is 0. The Morgan fingerprint density at radius 3 is 2.89 bits per heavy atom. The number of hydrogen-bond acceptors (Lipinski definition) is 3. The van der Waals surface area contributed by atoms with Gasteiger partial charge in [-0.1, -0.05) is 0 Å². The lowest BCUT2D eigenvalue weighted by Crippen LogP contribution is -2.41. The minimum absolute atomic E-state index is 0.170. The van der Waals surface area contributed by atoms with Crippen molar-refractivity contribution in [2.45, 2.75) is 45.6 Å². The van der Waals surface area contributed by atoms with Crippen molar-refractivity contribution in [2.24, 2.45) is 5.92 Å². The highest BCUT2D eigenvalue weighted by molar-refractivity contribution is 5.76. The second-order valence-electron chi connectivity index (χ2n) is 5.23. The number of carbonyl (C=O) groups excluding carboxylic acids is 1. The van der Waals surface area contributed by atoms with Crippen molar-refractivity contribution in [3.8, 4) is 0 Å². The van der Waals surface area contributed by atoms with Crippen molar-refractivity contribution in [1.29, 1.82) is 0 Å². The smallest absolute Gasteiger partial charge is 0.222 e. The number of nitrogens with one attached hydrogen (secondary N) is 1. The molecule has 1 rings (SSSR count). The molecule has 0 aromatic carbocycles. The van der Waals surface area contributed by atoms with Crippen LogP contribution in [-0.2, 0) is 9.53 Å². The zero-order valence-corrected chi connectivity index (χ0v) is 12.1. The fraction of sp³-hybridized carbons (Fsp3) is 0.929. The van der Waals surface area contributed by atoms with Crippen molar-refractivity contribution in [3.05, 3.63) is 0 Å². The van der Waals surface area contributed by atoms with Crippen molar-refractivity contribution >= 4 is 5.91 Å². The first kappa shape index (κ1) is 15.4. The lowest BCUT2D eigenvalue weighted by Gasteiger charge is -2.29. The summed E-state index contributed by atoms with van der Waals surface area (Å²) in [5.74, 6) is 0.898. The maximum Gasteiger partial charge on any atom is 0.222 e. The molecule has 4 nitrogen and oxygen atoms in total. The quantitative estimate of drug-likeness (QED) is 0.753. The van der Waals surface area contributed by atoms with E-state index in [2.05, 4.69) is 12.2 Å². The van der Waals surface area contributed by atoms with E-state index in [9.17, 15) is 4.79 Å². The average molecular weight is 256 g/mol. The molecular formula is C14H28N2O2. The molecule has 1 N–H and O–H groups in total. The van der Waals surface area contributed by atoms with Crippen LogP contribution in [0.25, 0.3) is 0 Å². The molecule has 1 fully saturated rings. The highest BCUT2D eigenvalue weighted by atomic mass is 16.5. The van der Waals surface area contributed by atoms with E-state index in [0.717, 1.165) is 32.6 Å². The van der Waals surface area contributed by atoms with Crippen molar-refractivity contribution in [1.82, 2.24) is 10.2 Å². The zero-order chi connectivity index (χ0) is 13.4. The van der Waals surface area contributed by atoms with Gasteiger partial charge in [0.15, 0.2) is 0 Å². The molecule has 1 heterocycles. The first-order chi connectivity index (χ1) is 8.67. The summed E-state index contributed by atoms with van der Waals surface area (Å²) in [7, 11) is 1.69. The predicted molar refractivity (Wildman–Crippen MR) is 73.6 cm³/mol. The van der Waals surface area contributed by atoms with Crippen LogP contribution in [0.4, 0.5) is 0 Å². The standard InChI is InChI=1S/C14H28N2O2/c1-4-16(11-13-6-5-9-15-10-13)14(17)8-7-12(2)18-3/h12-13,15H,4-11H2,1-3H3. The number of nitrogens with zero attached hydrogens (tertiary/aromatic N) is 1. The Hall–Kier alpha value is -0.610. The molecule has 1 aliphatic rings. The van der Waals surface area contributed by atoms with E-state index in [0.29, 0.717) is 12.3 Å². The molecule has 106 valence electrons. The van der Waals surface area contributed by atoms with Gasteiger partial charge in [-0.2, -0.15) is 0 Å². The van der Waals surface area contributed by atoms with Crippen LogP contribution in [0.2, 0.25) is 0 Å². The Morgan fingerprint density at radius 1 is 1.56 bits per heavy atom. The topological polar surface area (TPSA) is 41.6 Å². The summed E-state index contributed by atoms with van der Waals surface area (Å²) < 4.78 is 5.18. The van der Waals surface area contributed by atoms with Crippen LogP contribution < -0.4 is 5.32 Å². The van der Waals surface area contributed by atoms with Gasteiger partial charge in [-0.3, -0.25) is 4.79 Å². The summed E-state index contributed by atoms with van der Waals surface area (Å²) >= 11 is 0. The van der Waals surface area contributed by atoms with E-state index in [1.165, 1.54) is 12.8 Å². The Bertz CT molecular complexity index is 240. The van der Waals surface area contributed by atoms with Crippen LogP contribution in [-0.4, -0.2) is 50.2 Å². The molecule has 0 bridgehead atoms. The van der Waals surface area contributed by atoms with Crippen molar-refractivity contribution in [2.75, 3.05) is 33.3 Å². The molecule has 1 saturated heterocycles. The summed E-state index contributed by atoms with van der Waals surface area (Å²) in [6, 6.07) is 0. The SMILES string of the molecule is CCN(CC1CCCNC1)C(=O)CCC(C)OC. The predicted octanol–water partition coefficient (Wildman–Crippen LogP) is 1.65. The largest absolute Gasteiger partial charge is 0.382 e. The molecule has 18 heavy (non-hydrogen) atoms. The molecule has 1 aliphatic heterocycles. The third-order valence-electron chi connectivity index (χ3n) is 3.78. The summed E-state index contributed by atoms with van der Waals surface area (Å²) in [5, 5.41) is 3.40. The van der Waals surface area contributed by atoms with E-state index < -0.39 is 0 Å². The summed E-state index contributed by atoms with van der Waals surface area (Å²) in [6.07, 6.45) is 4.06. The third-order valence-corrected chi connectivity index (χ3v) is 3.78. The van der Waals surface area contributed by atoms with Crippen molar-refractivity contribution in [3.63, 3.8) is 0 Å². The molecule has 0 saturated carbocycles. The highest BCUT2D eigenvalue weighted by Gasteiger charge is 2.19. The molecule has 0 aromatic heterocycles. The van der Waals surface area contributed by atoms with E-state index >= 15 is 0 Å². The van der Waals surface area contributed by atoms with Crippen LogP contribution >= 0.6 is 0 Å². The van der Waals surface area contributed by atoms with E-state index in [1.807, 2.05) is 11.8 Å². The van der Waals surface area contributed by atoms with Gasteiger partial charge in [-0.25, -0.2) is 0 Å². The molecular weight excluding hydrogens is 228 g/mol. The number of amides is 1. The number of hydrogen-bond donors (Lipinski definition) is 1. The van der Waals surface area contributed by atoms with Gasteiger partial charge in [0.2, 0.25) is 5.91 Å².